The highest BCUT2D eigenvalue weighted by molar-refractivity contribution is 5.95. The van der Waals surface area contributed by atoms with Gasteiger partial charge in [0.2, 0.25) is 0 Å². The van der Waals surface area contributed by atoms with Gasteiger partial charge in [0.1, 0.15) is 5.82 Å². The quantitative estimate of drug-likeness (QED) is 0.834. The van der Waals surface area contributed by atoms with E-state index in [9.17, 15) is 9.18 Å². The van der Waals surface area contributed by atoms with Crippen molar-refractivity contribution in [2.75, 3.05) is 6.54 Å². The van der Waals surface area contributed by atoms with Gasteiger partial charge < -0.3 is 11.1 Å². The van der Waals surface area contributed by atoms with Gasteiger partial charge in [-0.25, -0.2) is 4.39 Å². The lowest BCUT2D eigenvalue weighted by molar-refractivity contribution is 0.0933. The molecule has 0 radical (unpaired) electrons. The van der Waals surface area contributed by atoms with Crippen molar-refractivity contribution >= 4 is 5.91 Å². The Morgan fingerprint density at radius 3 is 2.82 bits per heavy atom. The molecule has 0 saturated heterocycles. The number of nitrogens with two attached hydrogens (primary N) is 1. The number of hydrogen-bond acceptors (Lipinski definition) is 2. The molecule has 1 aromatic rings. The van der Waals surface area contributed by atoms with Crippen LogP contribution in [0.25, 0.3) is 0 Å². The van der Waals surface area contributed by atoms with Gasteiger partial charge in [-0.15, -0.1) is 0 Å². The highest BCUT2D eigenvalue weighted by Crippen LogP contribution is 2.32. The summed E-state index contributed by atoms with van der Waals surface area (Å²) in [5, 5.41) is 2.92. The zero-order valence-electron chi connectivity index (χ0n) is 9.87. The predicted octanol–water partition coefficient (Wildman–Crippen LogP) is 1.60. The number of carbonyl (C=O) groups excluding carboxylic acids is 1. The van der Waals surface area contributed by atoms with Gasteiger partial charge in [-0.3, -0.25) is 4.79 Å². The zero-order valence-corrected chi connectivity index (χ0v) is 9.87. The molecule has 2 rings (SSSR count). The fraction of sp³-hybridized carbons (Fsp3) is 0.462. The predicted molar refractivity (Wildman–Crippen MR) is 64.2 cm³/mol. The van der Waals surface area contributed by atoms with Gasteiger partial charge in [0.05, 0.1) is 0 Å². The monoisotopic (exact) mass is 236 g/mol. The van der Waals surface area contributed by atoms with E-state index >= 15 is 0 Å². The minimum absolute atomic E-state index is 0.0481. The van der Waals surface area contributed by atoms with Gasteiger partial charge in [-0.1, -0.05) is 0 Å². The summed E-state index contributed by atoms with van der Waals surface area (Å²) in [6, 6.07) is 4.23. The third-order valence-electron chi connectivity index (χ3n) is 3.19. The van der Waals surface area contributed by atoms with Crippen molar-refractivity contribution in [2.24, 2.45) is 11.7 Å². The van der Waals surface area contributed by atoms with Crippen molar-refractivity contribution in [1.29, 1.82) is 0 Å². The van der Waals surface area contributed by atoms with Crippen molar-refractivity contribution in [3.63, 3.8) is 0 Å². The maximum atomic E-state index is 12.9. The third-order valence-corrected chi connectivity index (χ3v) is 3.19. The molecule has 0 aliphatic heterocycles. The summed E-state index contributed by atoms with van der Waals surface area (Å²) in [7, 11) is 0. The van der Waals surface area contributed by atoms with E-state index in [0.29, 0.717) is 23.6 Å². The number of carbonyl (C=O) groups is 1. The molecule has 0 heterocycles. The Labute approximate surface area is 100 Å². The lowest BCUT2D eigenvalue weighted by Gasteiger charge is -2.16. The number of aryl methyl sites for hydroxylation is 1. The minimum atomic E-state index is -0.323. The maximum absolute atomic E-state index is 12.9. The second-order valence-electron chi connectivity index (χ2n) is 4.61. The molecule has 1 amide bonds. The summed E-state index contributed by atoms with van der Waals surface area (Å²) in [6.45, 7) is 2.18. The van der Waals surface area contributed by atoms with Crippen LogP contribution in [-0.2, 0) is 0 Å². The summed E-state index contributed by atoms with van der Waals surface area (Å²) in [5.74, 6) is 0.0335. The van der Waals surface area contributed by atoms with Crippen molar-refractivity contribution in [3.05, 3.63) is 35.1 Å². The first-order valence-corrected chi connectivity index (χ1v) is 5.89. The number of amides is 1. The van der Waals surface area contributed by atoms with Gasteiger partial charge in [0.15, 0.2) is 0 Å². The summed E-state index contributed by atoms with van der Waals surface area (Å²) >= 11 is 0. The van der Waals surface area contributed by atoms with Crippen LogP contribution in [0.5, 0.6) is 0 Å². The van der Waals surface area contributed by atoms with Crippen LogP contribution in [0.2, 0.25) is 0 Å². The molecule has 1 saturated carbocycles. The third kappa shape index (κ3) is 2.82. The van der Waals surface area contributed by atoms with Gasteiger partial charge in [0.25, 0.3) is 5.91 Å². The highest BCUT2D eigenvalue weighted by Gasteiger charge is 2.31. The Morgan fingerprint density at radius 1 is 1.59 bits per heavy atom. The normalized spacial score (nSPS) is 16.6. The van der Waals surface area contributed by atoms with Crippen molar-refractivity contribution in [1.82, 2.24) is 5.32 Å². The van der Waals surface area contributed by atoms with Crippen LogP contribution in [0.1, 0.15) is 28.8 Å². The van der Waals surface area contributed by atoms with Gasteiger partial charge >= 0.3 is 0 Å². The van der Waals surface area contributed by atoms with E-state index in [1.807, 2.05) is 0 Å². The van der Waals surface area contributed by atoms with Crippen molar-refractivity contribution in [3.8, 4) is 0 Å². The lowest BCUT2D eigenvalue weighted by atomic mass is 10.1. The molecule has 1 atom stereocenters. The number of nitrogens with one attached hydrogen (secondary N) is 1. The van der Waals surface area contributed by atoms with Crippen LogP contribution in [0.3, 0.4) is 0 Å². The molecule has 3 nitrogen and oxygen atoms in total. The molecule has 1 unspecified atom stereocenters. The number of rotatable bonds is 4. The van der Waals surface area contributed by atoms with Crippen LogP contribution < -0.4 is 11.1 Å². The second kappa shape index (κ2) is 4.84. The van der Waals surface area contributed by atoms with Crippen LogP contribution >= 0.6 is 0 Å². The smallest absolute Gasteiger partial charge is 0.251 e. The number of hydrogen-bond donors (Lipinski definition) is 2. The molecular weight excluding hydrogens is 219 g/mol. The molecule has 4 heteroatoms. The molecule has 92 valence electrons. The molecule has 1 fully saturated rings. The fourth-order valence-corrected chi connectivity index (χ4v) is 2.00. The second-order valence-corrected chi connectivity index (χ2v) is 4.61. The first-order valence-electron chi connectivity index (χ1n) is 5.89. The van der Waals surface area contributed by atoms with Crippen molar-refractivity contribution in [2.45, 2.75) is 25.8 Å². The van der Waals surface area contributed by atoms with Crippen LogP contribution in [0.4, 0.5) is 4.39 Å². The lowest BCUT2D eigenvalue weighted by Crippen LogP contribution is -2.41. The molecule has 1 aromatic carbocycles. The Morgan fingerprint density at radius 2 is 2.29 bits per heavy atom. The Bertz CT molecular complexity index is 429. The standard InChI is InChI=1S/C13H17FN2O/c1-8-6-10(14)4-5-11(8)13(17)16-12(7-15)9-2-3-9/h4-6,9,12H,2-3,7,15H2,1H3,(H,16,17). The molecular formula is C13H17FN2O. The summed E-state index contributed by atoms with van der Waals surface area (Å²) in [5.41, 5.74) is 6.79. The highest BCUT2D eigenvalue weighted by atomic mass is 19.1. The molecule has 1 aliphatic rings. The molecule has 0 bridgehead atoms. The molecule has 0 aromatic heterocycles. The van der Waals surface area contributed by atoms with E-state index in [1.165, 1.54) is 18.2 Å². The van der Waals surface area contributed by atoms with E-state index in [2.05, 4.69) is 5.32 Å². The Hall–Kier alpha value is -1.42. The topological polar surface area (TPSA) is 55.1 Å². The largest absolute Gasteiger partial charge is 0.348 e. The first-order chi connectivity index (χ1) is 8.11. The Balaban J connectivity index is 2.08. The van der Waals surface area contributed by atoms with Gasteiger partial charge in [0, 0.05) is 18.2 Å². The minimum Gasteiger partial charge on any atom is -0.348 e. The Kier molecular flexibility index (Phi) is 3.43. The fourth-order valence-electron chi connectivity index (χ4n) is 2.00. The number of benzene rings is 1. The molecule has 17 heavy (non-hydrogen) atoms. The van der Waals surface area contributed by atoms with Crippen molar-refractivity contribution < 1.29 is 9.18 Å². The van der Waals surface area contributed by atoms with E-state index in [-0.39, 0.29) is 17.8 Å². The van der Waals surface area contributed by atoms with Gasteiger partial charge in [-0.2, -0.15) is 0 Å². The number of halogens is 1. The average molecular weight is 236 g/mol. The van der Waals surface area contributed by atoms with E-state index in [0.717, 1.165) is 12.8 Å². The van der Waals surface area contributed by atoms with Crippen LogP contribution in [0, 0.1) is 18.7 Å². The first kappa shape index (κ1) is 12.0. The van der Waals surface area contributed by atoms with Gasteiger partial charge in [-0.05, 0) is 49.4 Å². The molecule has 1 aliphatic carbocycles. The zero-order chi connectivity index (χ0) is 12.4. The average Bonchev–Trinajstić information content (AvgIpc) is 3.09. The van der Waals surface area contributed by atoms with E-state index < -0.39 is 0 Å². The summed E-state index contributed by atoms with van der Waals surface area (Å²) in [6.07, 6.45) is 2.26. The van der Waals surface area contributed by atoms with Crippen LogP contribution in [0.15, 0.2) is 18.2 Å². The van der Waals surface area contributed by atoms with E-state index in [1.54, 1.807) is 6.92 Å². The summed E-state index contributed by atoms with van der Waals surface area (Å²) < 4.78 is 12.9. The molecule has 3 N–H and O–H groups in total. The maximum Gasteiger partial charge on any atom is 0.251 e. The van der Waals surface area contributed by atoms with Crippen LogP contribution in [-0.4, -0.2) is 18.5 Å². The summed E-state index contributed by atoms with van der Waals surface area (Å²) in [4.78, 5) is 12.0. The van der Waals surface area contributed by atoms with E-state index in [4.69, 9.17) is 5.73 Å². The SMILES string of the molecule is Cc1cc(F)ccc1C(=O)NC(CN)C1CC1. The molecule has 0 spiro atoms.